The van der Waals surface area contributed by atoms with Crippen molar-refractivity contribution in [1.29, 1.82) is 0 Å². The minimum atomic E-state index is -0.203. The van der Waals surface area contributed by atoms with E-state index in [9.17, 15) is 0 Å². The Morgan fingerprint density at radius 1 is 0.697 bits per heavy atom. The first-order valence-electron chi connectivity index (χ1n) is 11.0. The first kappa shape index (κ1) is 20.0. The van der Waals surface area contributed by atoms with E-state index in [-0.39, 0.29) is 5.41 Å². The molecule has 1 aromatic heterocycles. The van der Waals surface area contributed by atoms with E-state index in [1.807, 2.05) is 60.7 Å². The van der Waals surface area contributed by atoms with Gasteiger partial charge in [0.2, 0.25) is 0 Å². The highest BCUT2D eigenvalue weighted by molar-refractivity contribution is 6.30. The maximum absolute atomic E-state index is 6.32. The summed E-state index contributed by atoms with van der Waals surface area (Å²) in [7, 11) is 0. The molecule has 0 amide bonds. The van der Waals surface area contributed by atoms with Gasteiger partial charge < -0.3 is 4.74 Å². The second-order valence-corrected chi connectivity index (χ2v) is 9.29. The topological polar surface area (TPSA) is 35.0 Å². The van der Waals surface area contributed by atoms with Gasteiger partial charge in [-0.2, -0.15) is 0 Å². The van der Waals surface area contributed by atoms with Crippen LogP contribution in [0.4, 0.5) is 0 Å². The molecular formula is C29H21ClN2O. The molecule has 0 unspecified atom stereocenters. The number of aromatic nitrogens is 2. The van der Waals surface area contributed by atoms with Crippen LogP contribution in [0.25, 0.3) is 33.5 Å². The minimum absolute atomic E-state index is 0.203. The van der Waals surface area contributed by atoms with Crippen LogP contribution in [0.5, 0.6) is 11.5 Å². The summed E-state index contributed by atoms with van der Waals surface area (Å²) in [4.78, 5) is 9.88. The van der Waals surface area contributed by atoms with Gasteiger partial charge in [0, 0.05) is 38.1 Å². The van der Waals surface area contributed by atoms with Gasteiger partial charge in [0.1, 0.15) is 11.5 Å². The summed E-state index contributed by atoms with van der Waals surface area (Å²) in [6.07, 6.45) is 0. The van der Waals surface area contributed by atoms with Gasteiger partial charge >= 0.3 is 0 Å². The molecule has 4 aromatic carbocycles. The van der Waals surface area contributed by atoms with Gasteiger partial charge in [0.15, 0.2) is 5.82 Å². The molecule has 0 radical (unpaired) electrons. The molecule has 0 saturated carbocycles. The third-order valence-corrected chi connectivity index (χ3v) is 6.64. The van der Waals surface area contributed by atoms with Crippen LogP contribution in [0.1, 0.15) is 25.0 Å². The number of nitrogens with zero attached hydrogens (tertiary/aromatic N) is 2. The molecular weight excluding hydrogens is 428 g/mol. The fourth-order valence-electron chi connectivity index (χ4n) is 4.64. The number of hydrogen-bond acceptors (Lipinski definition) is 3. The van der Waals surface area contributed by atoms with Crippen LogP contribution in [-0.2, 0) is 5.41 Å². The lowest BCUT2D eigenvalue weighted by molar-refractivity contribution is 0.418. The molecule has 4 heteroatoms. The standard InChI is InChI=1S/C29H21ClN2O/c1-29(2)22-14-12-19(16-25(22)33-26-17-20(30)13-15-23(26)29)28-31-24-11-7-6-10-21(24)27(32-28)18-8-4-3-5-9-18/h3-17H,1-2H3. The zero-order valence-corrected chi connectivity index (χ0v) is 19.1. The van der Waals surface area contributed by atoms with Crippen molar-refractivity contribution in [3.8, 4) is 34.1 Å². The molecule has 0 bridgehead atoms. The monoisotopic (exact) mass is 448 g/mol. The van der Waals surface area contributed by atoms with Gasteiger partial charge in [-0.15, -0.1) is 0 Å². The van der Waals surface area contributed by atoms with Crippen LogP contribution >= 0.6 is 11.6 Å². The van der Waals surface area contributed by atoms with Crippen LogP contribution < -0.4 is 4.74 Å². The van der Waals surface area contributed by atoms with E-state index >= 15 is 0 Å². The Morgan fingerprint density at radius 3 is 2.21 bits per heavy atom. The number of halogens is 1. The van der Waals surface area contributed by atoms with Crippen LogP contribution in [0.3, 0.4) is 0 Å². The molecule has 0 aliphatic carbocycles. The second kappa shape index (κ2) is 7.43. The van der Waals surface area contributed by atoms with E-state index in [0.29, 0.717) is 10.8 Å². The fourth-order valence-corrected chi connectivity index (χ4v) is 4.81. The lowest BCUT2D eigenvalue weighted by Gasteiger charge is -2.34. The van der Waals surface area contributed by atoms with E-state index < -0.39 is 0 Å². The van der Waals surface area contributed by atoms with E-state index in [1.165, 1.54) is 0 Å². The SMILES string of the molecule is CC1(C)c2ccc(Cl)cc2Oc2cc(-c3nc(-c4ccccc4)c4ccccc4n3)ccc21. The van der Waals surface area contributed by atoms with Crippen LogP contribution in [0.2, 0.25) is 5.02 Å². The zero-order chi connectivity index (χ0) is 22.6. The molecule has 2 heterocycles. The van der Waals surface area contributed by atoms with Crippen molar-refractivity contribution in [2.45, 2.75) is 19.3 Å². The quantitative estimate of drug-likeness (QED) is 0.274. The number of benzene rings is 4. The van der Waals surface area contributed by atoms with Gasteiger partial charge in [-0.05, 0) is 24.3 Å². The van der Waals surface area contributed by atoms with Gasteiger partial charge in [0.05, 0.1) is 11.2 Å². The number of rotatable bonds is 2. The van der Waals surface area contributed by atoms with Crippen LogP contribution in [-0.4, -0.2) is 9.97 Å². The third kappa shape index (κ3) is 3.28. The number of hydrogen-bond donors (Lipinski definition) is 0. The molecule has 0 N–H and O–H groups in total. The molecule has 33 heavy (non-hydrogen) atoms. The fraction of sp³-hybridized carbons (Fsp3) is 0.103. The lowest BCUT2D eigenvalue weighted by atomic mass is 9.75. The molecule has 1 aliphatic heterocycles. The van der Waals surface area contributed by atoms with Crippen molar-refractivity contribution in [2.75, 3.05) is 0 Å². The summed E-state index contributed by atoms with van der Waals surface area (Å²) >= 11 is 6.26. The van der Waals surface area contributed by atoms with E-state index in [0.717, 1.165) is 50.3 Å². The molecule has 0 saturated heterocycles. The molecule has 0 spiro atoms. The normalized spacial score (nSPS) is 13.8. The Hall–Kier alpha value is -3.69. The predicted molar refractivity (Wildman–Crippen MR) is 134 cm³/mol. The van der Waals surface area contributed by atoms with Gasteiger partial charge in [-0.1, -0.05) is 92.2 Å². The average Bonchev–Trinajstić information content (AvgIpc) is 2.83. The molecule has 6 rings (SSSR count). The van der Waals surface area contributed by atoms with Gasteiger partial charge in [0.25, 0.3) is 0 Å². The maximum atomic E-state index is 6.32. The Balaban J connectivity index is 1.52. The smallest absolute Gasteiger partial charge is 0.160 e. The van der Waals surface area contributed by atoms with Gasteiger partial charge in [-0.3, -0.25) is 0 Å². The summed E-state index contributed by atoms with van der Waals surface area (Å²) in [5.41, 5.74) is 5.87. The third-order valence-electron chi connectivity index (χ3n) is 6.40. The van der Waals surface area contributed by atoms with Crippen molar-refractivity contribution < 1.29 is 4.74 Å². The summed E-state index contributed by atoms with van der Waals surface area (Å²) < 4.78 is 6.32. The number of para-hydroxylation sites is 1. The maximum Gasteiger partial charge on any atom is 0.160 e. The summed E-state index contributed by atoms with van der Waals surface area (Å²) in [5, 5.41) is 1.70. The van der Waals surface area contributed by atoms with Crippen LogP contribution in [0.15, 0.2) is 91.0 Å². The van der Waals surface area contributed by atoms with E-state index in [2.05, 4.69) is 44.2 Å². The first-order valence-corrected chi connectivity index (χ1v) is 11.3. The first-order chi connectivity index (χ1) is 16.0. The highest BCUT2D eigenvalue weighted by Crippen LogP contribution is 2.49. The Labute approximate surface area is 197 Å². The number of ether oxygens (including phenoxy) is 1. The molecule has 5 aromatic rings. The van der Waals surface area contributed by atoms with Crippen molar-refractivity contribution in [3.05, 3.63) is 107 Å². The zero-order valence-electron chi connectivity index (χ0n) is 18.3. The summed E-state index contributed by atoms with van der Waals surface area (Å²) in [6, 6.07) is 30.5. The predicted octanol–water partition coefficient (Wildman–Crippen LogP) is 8.05. The van der Waals surface area contributed by atoms with Crippen molar-refractivity contribution >= 4 is 22.5 Å². The highest BCUT2D eigenvalue weighted by Gasteiger charge is 2.34. The average molecular weight is 449 g/mol. The highest BCUT2D eigenvalue weighted by atomic mass is 35.5. The minimum Gasteiger partial charge on any atom is -0.457 e. The second-order valence-electron chi connectivity index (χ2n) is 8.86. The van der Waals surface area contributed by atoms with Crippen molar-refractivity contribution in [1.82, 2.24) is 9.97 Å². The van der Waals surface area contributed by atoms with Crippen LogP contribution in [0, 0.1) is 0 Å². The summed E-state index contributed by atoms with van der Waals surface area (Å²) in [5.74, 6) is 2.28. The Bertz CT molecular complexity index is 1530. The molecule has 0 atom stereocenters. The largest absolute Gasteiger partial charge is 0.457 e. The molecule has 1 aliphatic rings. The summed E-state index contributed by atoms with van der Waals surface area (Å²) in [6.45, 7) is 4.42. The van der Waals surface area contributed by atoms with Crippen molar-refractivity contribution in [3.63, 3.8) is 0 Å². The molecule has 160 valence electrons. The lowest BCUT2D eigenvalue weighted by Crippen LogP contribution is -2.24. The van der Waals surface area contributed by atoms with E-state index in [4.69, 9.17) is 26.3 Å². The van der Waals surface area contributed by atoms with Gasteiger partial charge in [-0.25, -0.2) is 9.97 Å². The molecule has 0 fully saturated rings. The van der Waals surface area contributed by atoms with E-state index in [1.54, 1.807) is 0 Å². The Kier molecular flexibility index (Phi) is 4.49. The number of fused-ring (bicyclic) bond motifs is 3. The molecule has 3 nitrogen and oxygen atoms in total. The van der Waals surface area contributed by atoms with Crippen molar-refractivity contribution in [2.24, 2.45) is 0 Å². The Morgan fingerprint density at radius 2 is 1.39 bits per heavy atom.